The highest BCUT2D eigenvalue weighted by Gasteiger charge is 2.29. The van der Waals surface area contributed by atoms with Gasteiger partial charge in [-0.2, -0.15) is 0 Å². The fraction of sp³-hybridized carbons (Fsp3) is 0.462. The summed E-state index contributed by atoms with van der Waals surface area (Å²) >= 11 is 0. The third-order valence-electron chi connectivity index (χ3n) is 3.33. The maximum absolute atomic E-state index is 13.4. The van der Waals surface area contributed by atoms with Crippen LogP contribution in [0.5, 0.6) is 0 Å². The van der Waals surface area contributed by atoms with E-state index in [1.54, 1.807) is 0 Å². The quantitative estimate of drug-likeness (QED) is 0.873. The van der Waals surface area contributed by atoms with E-state index < -0.39 is 11.6 Å². The summed E-state index contributed by atoms with van der Waals surface area (Å²) in [7, 11) is 0. The van der Waals surface area contributed by atoms with E-state index in [-0.39, 0.29) is 29.6 Å². The van der Waals surface area contributed by atoms with Gasteiger partial charge in [0.1, 0.15) is 5.78 Å². The summed E-state index contributed by atoms with van der Waals surface area (Å²) in [6.07, 6.45) is -0.0275. The molecule has 1 fully saturated rings. The van der Waals surface area contributed by atoms with Gasteiger partial charge in [0.2, 0.25) is 0 Å². The Morgan fingerprint density at radius 2 is 2.18 bits per heavy atom. The summed E-state index contributed by atoms with van der Waals surface area (Å²) in [5.41, 5.74) is 0.147. The zero-order chi connectivity index (χ0) is 12.4. The fourth-order valence-electron chi connectivity index (χ4n) is 2.24. The van der Waals surface area contributed by atoms with Crippen molar-refractivity contribution >= 4 is 5.78 Å². The molecule has 0 amide bonds. The van der Waals surface area contributed by atoms with Gasteiger partial charge in [-0.05, 0) is 24.1 Å². The van der Waals surface area contributed by atoms with E-state index in [0.717, 1.165) is 12.6 Å². The van der Waals surface area contributed by atoms with Crippen molar-refractivity contribution in [1.29, 1.82) is 0 Å². The van der Waals surface area contributed by atoms with Crippen molar-refractivity contribution in [2.75, 3.05) is 13.1 Å². The van der Waals surface area contributed by atoms with Crippen molar-refractivity contribution in [3.05, 3.63) is 35.4 Å². The number of nitrogens with one attached hydrogen (secondary N) is 1. The first kappa shape index (κ1) is 12.2. The Hall–Kier alpha value is -1.29. The van der Waals surface area contributed by atoms with Crippen molar-refractivity contribution in [1.82, 2.24) is 5.32 Å². The topological polar surface area (TPSA) is 29.1 Å². The molecule has 0 saturated carbocycles. The summed E-state index contributed by atoms with van der Waals surface area (Å²) in [5, 5.41) is 3.13. The highest BCUT2D eigenvalue weighted by atomic mass is 19.2. The second kappa shape index (κ2) is 4.92. The lowest BCUT2D eigenvalue weighted by atomic mass is 9.90. The number of hydrogen-bond donors (Lipinski definition) is 1. The molecule has 1 aromatic rings. The number of halogens is 2. The van der Waals surface area contributed by atoms with Crippen molar-refractivity contribution in [2.45, 2.75) is 13.3 Å². The van der Waals surface area contributed by atoms with Gasteiger partial charge in [0, 0.05) is 18.9 Å². The second-order valence-electron chi connectivity index (χ2n) is 4.60. The SMILES string of the molecule is CC1CNCC1C(=O)Cc1cccc(F)c1F. The van der Waals surface area contributed by atoms with Crippen LogP contribution in [0.25, 0.3) is 0 Å². The predicted molar refractivity (Wildman–Crippen MR) is 60.6 cm³/mol. The molecule has 1 aliphatic rings. The van der Waals surface area contributed by atoms with E-state index in [2.05, 4.69) is 5.32 Å². The maximum atomic E-state index is 13.4. The largest absolute Gasteiger partial charge is 0.316 e. The second-order valence-corrected chi connectivity index (χ2v) is 4.60. The Morgan fingerprint density at radius 3 is 2.82 bits per heavy atom. The minimum absolute atomic E-state index is 0.0213. The lowest BCUT2D eigenvalue weighted by molar-refractivity contribution is -0.122. The Morgan fingerprint density at radius 1 is 1.41 bits per heavy atom. The summed E-state index contributed by atoms with van der Waals surface area (Å²) in [6.45, 7) is 3.43. The molecule has 4 heteroatoms. The monoisotopic (exact) mass is 239 g/mol. The molecule has 2 rings (SSSR count). The van der Waals surface area contributed by atoms with Crippen LogP contribution in [0.4, 0.5) is 8.78 Å². The van der Waals surface area contributed by atoms with Crippen molar-refractivity contribution in [3.63, 3.8) is 0 Å². The molecule has 2 nitrogen and oxygen atoms in total. The lowest BCUT2D eigenvalue weighted by Gasteiger charge is -2.13. The molecular weight excluding hydrogens is 224 g/mol. The number of ketones is 1. The molecule has 0 spiro atoms. The van der Waals surface area contributed by atoms with Crippen LogP contribution in [0.15, 0.2) is 18.2 Å². The first-order valence-electron chi connectivity index (χ1n) is 5.76. The van der Waals surface area contributed by atoms with E-state index in [4.69, 9.17) is 0 Å². The molecule has 1 aliphatic heterocycles. The lowest BCUT2D eigenvalue weighted by Crippen LogP contribution is -2.23. The Bertz CT molecular complexity index is 433. The molecule has 1 N–H and O–H groups in total. The van der Waals surface area contributed by atoms with Crippen LogP contribution in [-0.2, 0) is 11.2 Å². The Balaban J connectivity index is 2.10. The highest BCUT2D eigenvalue weighted by molar-refractivity contribution is 5.84. The van der Waals surface area contributed by atoms with E-state index in [1.807, 2.05) is 6.92 Å². The van der Waals surface area contributed by atoms with Crippen LogP contribution in [0.3, 0.4) is 0 Å². The van der Waals surface area contributed by atoms with Gasteiger partial charge in [0.15, 0.2) is 11.6 Å². The molecule has 92 valence electrons. The van der Waals surface area contributed by atoms with Crippen molar-refractivity contribution in [2.24, 2.45) is 11.8 Å². The Labute approximate surface area is 99.0 Å². The molecule has 2 unspecified atom stereocenters. The van der Waals surface area contributed by atoms with Crippen LogP contribution in [0.2, 0.25) is 0 Å². The third kappa shape index (κ3) is 2.52. The van der Waals surface area contributed by atoms with Crippen LogP contribution in [0, 0.1) is 23.5 Å². The summed E-state index contributed by atoms with van der Waals surface area (Å²) in [4.78, 5) is 12.0. The zero-order valence-electron chi connectivity index (χ0n) is 9.67. The minimum atomic E-state index is -0.903. The van der Waals surface area contributed by atoms with Crippen LogP contribution in [0.1, 0.15) is 12.5 Å². The number of rotatable bonds is 3. The Kier molecular flexibility index (Phi) is 3.52. The van der Waals surface area contributed by atoms with Gasteiger partial charge in [-0.1, -0.05) is 19.1 Å². The van der Waals surface area contributed by atoms with Crippen LogP contribution in [-0.4, -0.2) is 18.9 Å². The average molecular weight is 239 g/mol. The number of carbonyl (C=O) groups is 1. The van der Waals surface area contributed by atoms with E-state index >= 15 is 0 Å². The van der Waals surface area contributed by atoms with E-state index in [1.165, 1.54) is 12.1 Å². The summed E-state index contributed by atoms with van der Waals surface area (Å²) in [5.74, 6) is -1.64. The molecule has 0 radical (unpaired) electrons. The van der Waals surface area contributed by atoms with Gasteiger partial charge in [0.25, 0.3) is 0 Å². The fourth-order valence-corrected chi connectivity index (χ4v) is 2.24. The summed E-state index contributed by atoms with van der Waals surface area (Å²) < 4.78 is 26.4. The van der Waals surface area contributed by atoms with Gasteiger partial charge >= 0.3 is 0 Å². The highest BCUT2D eigenvalue weighted by Crippen LogP contribution is 2.20. The van der Waals surface area contributed by atoms with Crippen LogP contribution < -0.4 is 5.32 Å². The number of hydrogen-bond acceptors (Lipinski definition) is 2. The molecule has 1 heterocycles. The summed E-state index contributed by atoms with van der Waals surface area (Å²) in [6, 6.07) is 3.95. The standard InChI is InChI=1S/C13H15F2NO/c1-8-6-16-7-10(8)12(17)5-9-3-2-4-11(14)13(9)15/h2-4,8,10,16H,5-7H2,1H3. The molecule has 1 aromatic carbocycles. The molecular formula is C13H15F2NO. The molecule has 1 saturated heterocycles. The molecule has 0 aliphatic carbocycles. The van der Waals surface area contributed by atoms with Crippen LogP contribution >= 0.6 is 0 Å². The zero-order valence-corrected chi connectivity index (χ0v) is 9.67. The molecule has 2 atom stereocenters. The van der Waals surface area contributed by atoms with Gasteiger partial charge in [0.05, 0.1) is 0 Å². The maximum Gasteiger partial charge on any atom is 0.162 e. The van der Waals surface area contributed by atoms with Gasteiger partial charge in [-0.15, -0.1) is 0 Å². The molecule has 17 heavy (non-hydrogen) atoms. The van der Waals surface area contributed by atoms with Crippen molar-refractivity contribution < 1.29 is 13.6 Å². The van der Waals surface area contributed by atoms with Crippen molar-refractivity contribution in [3.8, 4) is 0 Å². The number of carbonyl (C=O) groups excluding carboxylic acids is 1. The van der Waals surface area contributed by atoms with Gasteiger partial charge in [-0.25, -0.2) is 8.78 Å². The number of benzene rings is 1. The predicted octanol–water partition coefficient (Wildman–Crippen LogP) is 1.93. The number of Topliss-reactive ketones (excluding diaryl/α,β-unsaturated/α-hetero) is 1. The molecule has 0 bridgehead atoms. The molecule has 0 aromatic heterocycles. The third-order valence-corrected chi connectivity index (χ3v) is 3.33. The van der Waals surface area contributed by atoms with E-state index in [0.29, 0.717) is 6.54 Å². The van der Waals surface area contributed by atoms with Gasteiger partial charge < -0.3 is 5.32 Å². The normalized spacial score (nSPS) is 23.9. The minimum Gasteiger partial charge on any atom is -0.316 e. The first-order valence-corrected chi connectivity index (χ1v) is 5.76. The smallest absolute Gasteiger partial charge is 0.162 e. The average Bonchev–Trinajstić information content (AvgIpc) is 2.71. The van der Waals surface area contributed by atoms with Gasteiger partial charge in [-0.3, -0.25) is 4.79 Å². The first-order chi connectivity index (χ1) is 8.09. The van der Waals surface area contributed by atoms with E-state index in [9.17, 15) is 13.6 Å².